The predicted octanol–water partition coefficient (Wildman–Crippen LogP) is 3.34. The van der Waals surface area contributed by atoms with E-state index in [1.807, 2.05) is 13.0 Å². The van der Waals surface area contributed by atoms with E-state index >= 15 is 0 Å². The highest BCUT2D eigenvalue weighted by molar-refractivity contribution is 6.06. The molecule has 2 atom stereocenters. The fraction of sp³-hybridized carbons (Fsp3) is 0.458. The molecular weight excluding hydrogens is 437 g/mol. The van der Waals surface area contributed by atoms with E-state index in [0.717, 1.165) is 10.9 Å². The summed E-state index contributed by atoms with van der Waals surface area (Å²) in [5, 5.41) is 17.4. The molecule has 3 N–H and O–H groups in total. The van der Waals surface area contributed by atoms with Crippen molar-refractivity contribution in [3.05, 3.63) is 42.0 Å². The molecule has 10 heteroatoms. The van der Waals surface area contributed by atoms with Crippen molar-refractivity contribution < 1.29 is 14.3 Å². The summed E-state index contributed by atoms with van der Waals surface area (Å²) in [7, 11) is 0. The zero-order chi connectivity index (χ0) is 24.5. The number of nitrogens with one attached hydrogen (secondary N) is 2. The van der Waals surface area contributed by atoms with Gasteiger partial charge in [0, 0.05) is 37.1 Å². The summed E-state index contributed by atoms with van der Waals surface area (Å²) in [6.07, 6.45) is 4.29. The van der Waals surface area contributed by atoms with Crippen LogP contribution in [0.25, 0.3) is 10.8 Å². The number of alkyl halides is 1. The summed E-state index contributed by atoms with van der Waals surface area (Å²) >= 11 is 0. The number of aliphatic hydroxyl groups excluding tert-OH is 1. The van der Waals surface area contributed by atoms with Crippen molar-refractivity contribution in [2.24, 2.45) is 0 Å². The SMILES string of the molecule is CCNC(=O)c1ncc(C(C)C)c2cc(Nc3ccnc(N4CC[C@@H](O)[C@@](C)(F)C4)n3)ncc12. The van der Waals surface area contributed by atoms with Crippen molar-refractivity contribution in [2.45, 2.75) is 51.8 Å². The van der Waals surface area contributed by atoms with Crippen molar-refractivity contribution >= 4 is 34.3 Å². The highest BCUT2D eigenvalue weighted by Crippen LogP contribution is 2.30. The third-order valence-electron chi connectivity index (χ3n) is 6.03. The van der Waals surface area contributed by atoms with Gasteiger partial charge in [0.1, 0.15) is 17.3 Å². The van der Waals surface area contributed by atoms with Gasteiger partial charge in [-0.15, -0.1) is 0 Å². The van der Waals surface area contributed by atoms with Gasteiger partial charge in [-0.05, 0) is 49.3 Å². The fourth-order valence-corrected chi connectivity index (χ4v) is 4.12. The molecule has 1 aliphatic heterocycles. The zero-order valence-corrected chi connectivity index (χ0v) is 19.8. The second-order valence-corrected chi connectivity index (χ2v) is 9.06. The summed E-state index contributed by atoms with van der Waals surface area (Å²) in [4.78, 5) is 31.9. The first-order valence-corrected chi connectivity index (χ1v) is 11.5. The van der Waals surface area contributed by atoms with Gasteiger partial charge in [-0.1, -0.05) is 13.8 Å². The molecule has 0 spiro atoms. The number of aromatic nitrogens is 4. The third kappa shape index (κ3) is 4.77. The standard InChI is InChI=1S/C24H30FN7O2/c1-5-26-22(34)21-17-12-28-20(10-15(17)16(11-29-21)14(2)3)30-19-6-8-27-23(31-19)32-9-7-18(33)24(4,25)13-32/h6,8,10-12,14,18,33H,5,7,9,13H2,1-4H3,(H,26,34)(H,27,28,30,31)/t18-,24+/m1/s1. The lowest BCUT2D eigenvalue weighted by molar-refractivity contribution is -0.00860. The number of nitrogens with zero attached hydrogens (tertiary/aromatic N) is 5. The second-order valence-electron chi connectivity index (χ2n) is 9.06. The van der Waals surface area contributed by atoms with Crippen LogP contribution < -0.4 is 15.5 Å². The predicted molar refractivity (Wildman–Crippen MR) is 129 cm³/mol. The smallest absolute Gasteiger partial charge is 0.270 e. The number of aliphatic hydroxyl groups is 1. The van der Waals surface area contributed by atoms with E-state index < -0.39 is 11.8 Å². The molecule has 0 bridgehead atoms. The van der Waals surface area contributed by atoms with Crippen LogP contribution in [0.2, 0.25) is 0 Å². The molecule has 0 unspecified atom stereocenters. The van der Waals surface area contributed by atoms with Crippen LogP contribution in [0.5, 0.6) is 0 Å². The van der Waals surface area contributed by atoms with Gasteiger partial charge in [-0.25, -0.2) is 14.4 Å². The van der Waals surface area contributed by atoms with Gasteiger partial charge in [0.2, 0.25) is 5.95 Å². The maximum atomic E-state index is 14.6. The third-order valence-corrected chi connectivity index (χ3v) is 6.03. The highest BCUT2D eigenvalue weighted by atomic mass is 19.1. The van der Waals surface area contributed by atoms with Gasteiger partial charge in [-0.2, -0.15) is 4.98 Å². The molecule has 1 saturated heterocycles. The fourth-order valence-electron chi connectivity index (χ4n) is 4.12. The van der Waals surface area contributed by atoms with E-state index in [-0.39, 0.29) is 18.4 Å². The molecule has 3 aromatic rings. The summed E-state index contributed by atoms with van der Waals surface area (Å²) in [5.74, 6) is 1.40. The lowest BCUT2D eigenvalue weighted by Crippen LogP contribution is -2.52. The Bertz CT molecular complexity index is 1200. The molecule has 3 aromatic heterocycles. The number of anilines is 3. The van der Waals surface area contributed by atoms with Crippen LogP contribution in [0, 0.1) is 0 Å². The van der Waals surface area contributed by atoms with Crippen molar-refractivity contribution in [2.75, 3.05) is 29.9 Å². The number of halogens is 1. The average molecular weight is 468 g/mol. The molecule has 4 heterocycles. The van der Waals surface area contributed by atoms with E-state index in [4.69, 9.17) is 0 Å². The average Bonchev–Trinajstić information content (AvgIpc) is 2.80. The minimum Gasteiger partial charge on any atom is -0.390 e. The lowest BCUT2D eigenvalue weighted by Gasteiger charge is -2.38. The Morgan fingerprint density at radius 2 is 2.06 bits per heavy atom. The summed E-state index contributed by atoms with van der Waals surface area (Å²) in [6, 6.07) is 3.59. The molecular formula is C24H30FN7O2. The summed E-state index contributed by atoms with van der Waals surface area (Å²) in [5.41, 5.74) is -0.384. The minimum atomic E-state index is -1.73. The first-order chi connectivity index (χ1) is 16.2. The molecule has 34 heavy (non-hydrogen) atoms. The Morgan fingerprint density at radius 1 is 1.26 bits per heavy atom. The molecule has 0 saturated carbocycles. The first-order valence-electron chi connectivity index (χ1n) is 11.5. The van der Waals surface area contributed by atoms with Crippen LogP contribution in [0.1, 0.15) is 56.1 Å². The summed E-state index contributed by atoms with van der Waals surface area (Å²) in [6.45, 7) is 8.38. The zero-order valence-electron chi connectivity index (χ0n) is 19.8. The number of rotatable bonds is 6. The van der Waals surface area contributed by atoms with Gasteiger partial charge in [0.25, 0.3) is 5.91 Å². The topological polar surface area (TPSA) is 116 Å². The molecule has 180 valence electrons. The Kier molecular flexibility index (Phi) is 6.60. The van der Waals surface area contributed by atoms with E-state index in [9.17, 15) is 14.3 Å². The monoisotopic (exact) mass is 467 g/mol. The molecule has 1 fully saturated rings. The molecule has 1 amide bonds. The van der Waals surface area contributed by atoms with Crippen LogP contribution in [0.15, 0.2) is 30.7 Å². The molecule has 0 radical (unpaired) electrons. The quantitative estimate of drug-likeness (QED) is 0.506. The maximum absolute atomic E-state index is 14.6. The van der Waals surface area contributed by atoms with Crippen LogP contribution in [-0.2, 0) is 0 Å². The Balaban J connectivity index is 1.64. The van der Waals surface area contributed by atoms with Gasteiger partial charge < -0.3 is 20.6 Å². The van der Waals surface area contributed by atoms with E-state index in [0.29, 0.717) is 48.2 Å². The summed E-state index contributed by atoms with van der Waals surface area (Å²) < 4.78 is 14.6. The maximum Gasteiger partial charge on any atom is 0.270 e. The van der Waals surface area contributed by atoms with Crippen molar-refractivity contribution in [3.8, 4) is 0 Å². The largest absolute Gasteiger partial charge is 0.390 e. The number of carbonyl (C=O) groups excluding carboxylic acids is 1. The van der Waals surface area contributed by atoms with Gasteiger partial charge in [0.15, 0.2) is 5.67 Å². The number of hydrogen-bond donors (Lipinski definition) is 3. The number of hydrogen-bond acceptors (Lipinski definition) is 8. The van der Waals surface area contributed by atoms with Gasteiger partial charge in [-0.3, -0.25) is 9.78 Å². The van der Waals surface area contributed by atoms with E-state index in [2.05, 4.69) is 44.4 Å². The second kappa shape index (κ2) is 9.46. The van der Waals surface area contributed by atoms with Crippen LogP contribution in [0.3, 0.4) is 0 Å². The van der Waals surface area contributed by atoms with Crippen molar-refractivity contribution in [1.29, 1.82) is 0 Å². The Morgan fingerprint density at radius 3 is 2.76 bits per heavy atom. The molecule has 0 aromatic carbocycles. The van der Waals surface area contributed by atoms with Gasteiger partial charge >= 0.3 is 0 Å². The molecule has 4 rings (SSSR count). The van der Waals surface area contributed by atoms with Gasteiger partial charge in [0.05, 0.1) is 12.6 Å². The number of pyridine rings is 2. The van der Waals surface area contributed by atoms with Crippen LogP contribution in [-0.4, -0.2) is 62.4 Å². The highest BCUT2D eigenvalue weighted by Gasteiger charge is 2.39. The normalized spacial score (nSPS) is 20.6. The van der Waals surface area contributed by atoms with Crippen LogP contribution >= 0.6 is 0 Å². The number of fused-ring (bicyclic) bond motifs is 1. The minimum absolute atomic E-state index is 0.0131. The van der Waals surface area contributed by atoms with E-state index in [1.165, 1.54) is 6.92 Å². The van der Waals surface area contributed by atoms with E-state index in [1.54, 1.807) is 29.6 Å². The Labute approximate surface area is 197 Å². The Hall–Kier alpha value is -3.40. The number of piperidine rings is 1. The van der Waals surface area contributed by atoms with Crippen molar-refractivity contribution in [3.63, 3.8) is 0 Å². The molecule has 1 aliphatic rings. The number of amides is 1. The molecule has 0 aliphatic carbocycles. The lowest BCUT2D eigenvalue weighted by atomic mass is 9.94. The first kappa shape index (κ1) is 23.7. The number of carbonyl (C=O) groups is 1. The van der Waals surface area contributed by atoms with Crippen LogP contribution in [0.4, 0.5) is 22.0 Å². The molecule has 9 nitrogen and oxygen atoms in total. The van der Waals surface area contributed by atoms with Crippen molar-refractivity contribution in [1.82, 2.24) is 25.3 Å².